The Kier molecular flexibility index (Phi) is 4.04. The molecule has 0 radical (unpaired) electrons. The van der Waals surface area contributed by atoms with Crippen molar-refractivity contribution in [3.8, 4) is 11.4 Å². The third-order valence-electron chi connectivity index (χ3n) is 4.26. The molecule has 0 unspecified atom stereocenters. The summed E-state index contributed by atoms with van der Waals surface area (Å²) >= 11 is 0. The van der Waals surface area contributed by atoms with Gasteiger partial charge in [0.25, 0.3) is 0 Å². The Hall–Kier alpha value is -3.35. The van der Waals surface area contributed by atoms with E-state index in [4.69, 9.17) is 4.74 Å². The van der Waals surface area contributed by atoms with E-state index in [2.05, 4.69) is 20.7 Å². The Morgan fingerprint density at radius 2 is 1.92 bits per heavy atom. The average Bonchev–Trinajstić information content (AvgIpc) is 3.18. The van der Waals surface area contributed by atoms with Gasteiger partial charge in [0.1, 0.15) is 24.0 Å². The molecule has 26 heavy (non-hydrogen) atoms. The smallest absolute Gasteiger partial charge is 0.319 e. The van der Waals surface area contributed by atoms with Gasteiger partial charge < -0.3 is 15.4 Å². The van der Waals surface area contributed by atoms with E-state index in [9.17, 15) is 4.79 Å². The highest BCUT2D eigenvalue weighted by Gasteiger charge is 2.25. The number of amides is 2. The molecule has 7 heteroatoms. The van der Waals surface area contributed by atoms with Gasteiger partial charge in [0, 0.05) is 5.56 Å². The van der Waals surface area contributed by atoms with Crippen LogP contribution >= 0.6 is 0 Å². The van der Waals surface area contributed by atoms with Crippen molar-refractivity contribution < 1.29 is 9.53 Å². The number of nitrogens with zero attached hydrogens (tertiary/aromatic N) is 3. The van der Waals surface area contributed by atoms with Crippen LogP contribution in [0.2, 0.25) is 0 Å². The molecule has 0 saturated heterocycles. The summed E-state index contributed by atoms with van der Waals surface area (Å²) in [6.45, 7) is 4.14. The van der Waals surface area contributed by atoms with Crippen LogP contribution in [0.4, 0.5) is 10.5 Å². The fourth-order valence-corrected chi connectivity index (χ4v) is 3.11. The van der Waals surface area contributed by atoms with Gasteiger partial charge in [0.2, 0.25) is 0 Å². The Morgan fingerprint density at radius 1 is 1.15 bits per heavy atom. The van der Waals surface area contributed by atoms with Crippen LogP contribution in [0.15, 0.2) is 48.5 Å². The molecule has 1 aliphatic rings. The van der Waals surface area contributed by atoms with Crippen LogP contribution in [0.5, 0.6) is 5.75 Å². The first kappa shape index (κ1) is 16.1. The number of ether oxygens (including phenoxy) is 1. The molecule has 3 aromatic rings. The van der Waals surface area contributed by atoms with Crippen molar-refractivity contribution in [3.05, 3.63) is 65.7 Å². The third-order valence-corrected chi connectivity index (χ3v) is 4.26. The second-order valence-corrected chi connectivity index (χ2v) is 6.14. The largest absolute Gasteiger partial charge is 0.491 e. The lowest BCUT2D eigenvalue weighted by atomic mass is 10.1. The lowest BCUT2D eigenvalue weighted by Crippen LogP contribution is -2.33. The number of hydrogen-bond acceptors (Lipinski definition) is 4. The molecule has 7 nitrogen and oxygen atoms in total. The maximum absolute atomic E-state index is 12.5. The zero-order chi connectivity index (χ0) is 18.1. The Morgan fingerprint density at radius 3 is 2.73 bits per heavy atom. The molecule has 0 aliphatic carbocycles. The molecule has 2 amide bonds. The summed E-state index contributed by atoms with van der Waals surface area (Å²) in [6.07, 6.45) is 0. The van der Waals surface area contributed by atoms with Gasteiger partial charge in [-0.15, -0.1) is 0 Å². The SMILES string of the molecule is Cc1nc(C)n(-c2ccccc2NC(=O)N[C@H]2COc3ccccc32)n1. The van der Waals surface area contributed by atoms with E-state index < -0.39 is 0 Å². The van der Waals surface area contributed by atoms with Crippen molar-refractivity contribution in [1.82, 2.24) is 20.1 Å². The van der Waals surface area contributed by atoms with Crippen molar-refractivity contribution in [2.24, 2.45) is 0 Å². The number of benzene rings is 2. The molecule has 1 atom stereocenters. The topological polar surface area (TPSA) is 81.1 Å². The number of urea groups is 1. The highest BCUT2D eigenvalue weighted by molar-refractivity contribution is 5.91. The molecule has 0 spiro atoms. The van der Waals surface area contributed by atoms with Crippen LogP contribution < -0.4 is 15.4 Å². The highest BCUT2D eigenvalue weighted by Crippen LogP contribution is 2.31. The molecule has 0 saturated carbocycles. The number of anilines is 1. The van der Waals surface area contributed by atoms with E-state index in [1.165, 1.54) is 0 Å². The Bertz CT molecular complexity index is 966. The van der Waals surface area contributed by atoms with Crippen molar-refractivity contribution >= 4 is 11.7 Å². The van der Waals surface area contributed by atoms with Gasteiger partial charge in [-0.3, -0.25) is 0 Å². The number of fused-ring (bicyclic) bond motifs is 1. The van der Waals surface area contributed by atoms with Gasteiger partial charge in [-0.25, -0.2) is 14.5 Å². The number of aryl methyl sites for hydroxylation is 2. The van der Waals surface area contributed by atoms with E-state index in [0.717, 1.165) is 22.8 Å². The molecular weight excluding hydrogens is 330 g/mol. The molecule has 2 aromatic carbocycles. The predicted octanol–water partition coefficient (Wildman–Crippen LogP) is 3.14. The maximum Gasteiger partial charge on any atom is 0.319 e. The van der Waals surface area contributed by atoms with Crippen LogP contribution in [0, 0.1) is 13.8 Å². The minimum Gasteiger partial charge on any atom is -0.491 e. The van der Waals surface area contributed by atoms with Gasteiger partial charge in [0.15, 0.2) is 0 Å². The highest BCUT2D eigenvalue weighted by atomic mass is 16.5. The van der Waals surface area contributed by atoms with Gasteiger partial charge in [-0.1, -0.05) is 30.3 Å². The van der Waals surface area contributed by atoms with E-state index in [-0.39, 0.29) is 12.1 Å². The van der Waals surface area contributed by atoms with Crippen LogP contribution in [-0.4, -0.2) is 27.4 Å². The Labute approximate surface area is 151 Å². The molecular formula is C19H19N5O2. The first-order chi connectivity index (χ1) is 12.6. The second kappa shape index (κ2) is 6.51. The van der Waals surface area contributed by atoms with Crippen molar-refractivity contribution in [2.75, 3.05) is 11.9 Å². The van der Waals surface area contributed by atoms with Crippen LogP contribution in [-0.2, 0) is 0 Å². The molecule has 1 aliphatic heterocycles. The monoisotopic (exact) mass is 349 g/mol. The van der Waals surface area contributed by atoms with Crippen molar-refractivity contribution in [3.63, 3.8) is 0 Å². The van der Waals surface area contributed by atoms with E-state index >= 15 is 0 Å². The van der Waals surface area contributed by atoms with E-state index in [1.807, 2.05) is 62.4 Å². The summed E-state index contributed by atoms with van der Waals surface area (Å²) in [5.74, 6) is 2.25. The molecule has 132 valence electrons. The first-order valence-electron chi connectivity index (χ1n) is 8.41. The normalized spacial score (nSPS) is 15.2. The number of rotatable bonds is 3. The number of para-hydroxylation sites is 3. The van der Waals surface area contributed by atoms with Crippen LogP contribution in [0.1, 0.15) is 23.3 Å². The summed E-state index contributed by atoms with van der Waals surface area (Å²) < 4.78 is 7.33. The number of nitrogens with one attached hydrogen (secondary N) is 2. The van der Waals surface area contributed by atoms with E-state index in [1.54, 1.807) is 4.68 Å². The summed E-state index contributed by atoms with van der Waals surface area (Å²) in [5, 5.41) is 10.3. The molecule has 1 aromatic heterocycles. The quantitative estimate of drug-likeness (QED) is 0.761. The summed E-state index contributed by atoms with van der Waals surface area (Å²) in [7, 11) is 0. The summed E-state index contributed by atoms with van der Waals surface area (Å²) in [5.41, 5.74) is 2.41. The number of carbonyl (C=O) groups excluding carboxylic acids is 1. The van der Waals surface area contributed by atoms with Crippen LogP contribution in [0.3, 0.4) is 0 Å². The van der Waals surface area contributed by atoms with Gasteiger partial charge in [0.05, 0.1) is 17.4 Å². The third kappa shape index (κ3) is 2.99. The molecule has 0 fully saturated rings. The zero-order valence-corrected chi connectivity index (χ0v) is 14.6. The number of aromatic nitrogens is 3. The summed E-state index contributed by atoms with van der Waals surface area (Å²) in [4.78, 5) is 16.9. The zero-order valence-electron chi connectivity index (χ0n) is 14.6. The fraction of sp³-hybridized carbons (Fsp3) is 0.211. The van der Waals surface area contributed by atoms with Crippen molar-refractivity contribution in [2.45, 2.75) is 19.9 Å². The minimum absolute atomic E-state index is 0.172. The van der Waals surface area contributed by atoms with Crippen molar-refractivity contribution in [1.29, 1.82) is 0 Å². The summed E-state index contributed by atoms with van der Waals surface area (Å²) in [6, 6.07) is 14.7. The Balaban J connectivity index is 1.53. The lowest BCUT2D eigenvalue weighted by Gasteiger charge is -2.15. The van der Waals surface area contributed by atoms with E-state index in [0.29, 0.717) is 18.1 Å². The first-order valence-corrected chi connectivity index (χ1v) is 8.41. The van der Waals surface area contributed by atoms with Gasteiger partial charge in [-0.2, -0.15) is 5.10 Å². The van der Waals surface area contributed by atoms with Crippen LogP contribution in [0.25, 0.3) is 5.69 Å². The van der Waals surface area contributed by atoms with Gasteiger partial charge >= 0.3 is 6.03 Å². The molecule has 4 rings (SSSR count). The average molecular weight is 349 g/mol. The second-order valence-electron chi connectivity index (χ2n) is 6.14. The number of carbonyl (C=O) groups is 1. The standard InChI is InChI=1S/C19H19N5O2/c1-12-20-13(2)24(23-12)17-9-5-4-8-15(17)21-19(25)22-16-11-26-18-10-6-3-7-14(16)18/h3-10,16H,11H2,1-2H3,(H2,21,22,25)/t16-/m0/s1. The minimum atomic E-state index is -0.294. The molecule has 2 N–H and O–H groups in total. The number of hydrogen-bond donors (Lipinski definition) is 2. The predicted molar refractivity (Wildman–Crippen MR) is 97.7 cm³/mol. The lowest BCUT2D eigenvalue weighted by molar-refractivity contribution is 0.243. The van der Waals surface area contributed by atoms with Gasteiger partial charge in [-0.05, 0) is 32.0 Å². The maximum atomic E-state index is 12.5. The molecule has 2 heterocycles. The molecule has 0 bridgehead atoms. The fourth-order valence-electron chi connectivity index (χ4n) is 3.11.